The Morgan fingerprint density at radius 2 is 1.82 bits per heavy atom. The molecule has 1 N–H and O–H groups in total. The topological polar surface area (TPSA) is 86.4 Å². The van der Waals surface area contributed by atoms with Gasteiger partial charge in [-0.15, -0.1) is 0 Å². The van der Waals surface area contributed by atoms with E-state index in [-0.39, 0.29) is 23.5 Å². The number of carbonyl (C=O) groups is 1. The number of imidazole rings is 1. The molecular weight excluding hydrogens is 548 g/mol. The van der Waals surface area contributed by atoms with Gasteiger partial charge < -0.3 is 24.4 Å². The number of aromatic nitrogens is 2. The second-order valence-electron chi connectivity index (χ2n) is 13.0. The van der Waals surface area contributed by atoms with E-state index in [1.54, 1.807) is 7.05 Å². The van der Waals surface area contributed by atoms with Crippen molar-refractivity contribution in [3.63, 3.8) is 0 Å². The number of hydrogen-bond acceptors (Lipinski definition) is 6. The van der Waals surface area contributed by atoms with Gasteiger partial charge in [-0.3, -0.25) is 0 Å². The molecule has 0 radical (unpaired) electrons. The summed E-state index contributed by atoms with van der Waals surface area (Å²) in [5, 5.41) is 11.8. The second-order valence-corrected chi connectivity index (χ2v) is 13.0. The Morgan fingerprint density at radius 3 is 2.50 bits per heavy atom. The Labute approximate surface area is 262 Å². The predicted octanol–water partition coefficient (Wildman–Crippen LogP) is 5.63. The number of nitrogens with zero attached hydrogens (tertiary/aromatic N) is 5. The molecule has 8 heteroatoms. The smallest absolute Gasteiger partial charge is 0.407 e. The lowest BCUT2D eigenvalue weighted by atomic mass is 9.58. The van der Waals surface area contributed by atoms with Gasteiger partial charge in [0.05, 0.1) is 11.6 Å². The van der Waals surface area contributed by atoms with Crippen LogP contribution in [0.15, 0.2) is 67.0 Å². The number of rotatable bonds is 10. The van der Waals surface area contributed by atoms with E-state index >= 15 is 0 Å². The molecule has 3 aromatic rings. The van der Waals surface area contributed by atoms with Crippen LogP contribution in [-0.2, 0) is 23.1 Å². The average Bonchev–Trinajstić information content (AvgIpc) is 3.71. The zero-order chi connectivity index (χ0) is 30.5. The highest BCUT2D eigenvalue weighted by molar-refractivity contribution is 5.67. The lowest BCUT2D eigenvalue weighted by Crippen LogP contribution is -2.55. The van der Waals surface area contributed by atoms with Crippen molar-refractivity contribution >= 4 is 11.8 Å². The number of nitrogens with one attached hydrogen (secondary N) is 1. The maximum Gasteiger partial charge on any atom is 0.407 e. The highest BCUT2D eigenvalue weighted by atomic mass is 16.6. The predicted molar refractivity (Wildman–Crippen MR) is 172 cm³/mol. The summed E-state index contributed by atoms with van der Waals surface area (Å²) < 4.78 is 8.49. The molecule has 44 heavy (non-hydrogen) atoms. The third-order valence-electron chi connectivity index (χ3n) is 10.6. The quantitative estimate of drug-likeness (QED) is 0.328. The standard InChI is InChI=1S/C36H46N6O2/c1-3-34-39-18-21-41(34)26-36(29-8-5-4-6-9-29,32-10-7-11-33(32)44-35(43)38-2)30-16-19-40(20-17-30)23-28-24-42(25-28)31-14-12-27(22-37)13-15-31/h4-6,8-9,12-15,18,21,28,30,32-33H,3,7,10-11,16-17,19-20,23-26H2,1-2H3,(H,38,43)/t32?,33-,36?/m1/s1. The molecule has 1 amide bonds. The van der Waals surface area contributed by atoms with Crippen LogP contribution in [0.3, 0.4) is 0 Å². The summed E-state index contributed by atoms with van der Waals surface area (Å²) in [7, 11) is 1.65. The fourth-order valence-corrected chi connectivity index (χ4v) is 8.41. The van der Waals surface area contributed by atoms with Crippen LogP contribution in [0.25, 0.3) is 0 Å². The highest BCUT2D eigenvalue weighted by Crippen LogP contribution is 2.52. The molecule has 3 aliphatic rings. The van der Waals surface area contributed by atoms with Crippen LogP contribution in [0.1, 0.15) is 56.0 Å². The zero-order valence-corrected chi connectivity index (χ0v) is 26.2. The van der Waals surface area contributed by atoms with Crippen LogP contribution in [0.5, 0.6) is 0 Å². The first-order valence-corrected chi connectivity index (χ1v) is 16.5. The van der Waals surface area contributed by atoms with E-state index in [0.717, 1.165) is 83.6 Å². The molecular formula is C36H46N6O2. The summed E-state index contributed by atoms with van der Waals surface area (Å²) in [6.07, 6.45) is 9.82. The van der Waals surface area contributed by atoms with Crippen molar-refractivity contribution in [2.45, 2.75) is 63.5 Å². The number of amides is 1. The fourth-order valence-electron chi connectivity index (χ4n) is 8.41. The Kier molecular flexibility index (Phi) is 9.22. The molecule has 232 valence electrons. The lowest BCUT2D eigenvalue weighted by Gasteiger charge is -2.51. The summed E-state index contributed by atoms with van der Waals surface area (Å²) in [6.45, 7) is 8.48. The number of hydrogen-bond donors (Lipinski definition) is 1. The molecule has 1 saturated carbocycles. The Bertz CT molecular complexity index is 1420. The van der Waals surface area contributed by atoms with Crippen LogP contribution < -0.4 is 10.2 Å². The van der Waals surface area contributed by atoms with E-state index < -0.39 is 0 Å². The van der Waals surface area contributed by atoms with Crippen molar-refractivity contribution in [2.75, 3.05) is 44.7 Å². The molecule has 0 spiro atoms. The molecule has 1 aromatic heterocycles. The van der Waals surface area contributed by atoms with Gasteiger partial charge in [0, 0.05) is 75.0 Å². The molecule has 8 nitrogen and oxygen atoms in total. The fraction of sp³-hybridized carbons (Fsp3) is 0.528. The van der Waals surface area contributed by atoms with Crippen molar-refractivity contribution in [2.24, 2.45) is 17.8 Å². The minimum Gasteiger partial charge on any atom is -0.446 e. The highest BCUT2D eigenvalue weighted by Gasteiger charge is 2.53. The van der Waals surface area contributed by atoms with Gasteiger partial charge in [-0.25, -0.2) is 9.78 Å². The van der Waals surface area contributed by atoms with Gasteiger partial charge in [0.15, 0.2) is 0 Å². The number of aryl methyl sites for hydroxylation is 1. The Hall–Kier alpha value is -3.83. The first-order valence-electron chi connectivity index (χ1n) is 16.5. The third-order valence-corrected chi connectivity index (χ3v) is 10.6. The van der Waals surface area contributed by atoms with E-state index in [4.69, 9.17) is 15.0 Å². The van der Waals surface area contributed by atoms with Crippen molar-refractivity contribution in [3.05, 3.63) is 83.9 Å². The maximum atomic E-state index is 12.5. The molecule has 3 fully saturated rings. The summed E-state index contributed by atoms with van der Waals surface area (Å²) in [5.41, 5.74) is 3.12. The molecule has 3 heterocycles. The summed E-state index contributed by atoms with van der Waals surface area (Å²) in [4.78, 5) is 22.3. The van der Waals surface area contributed by atoms with Gasteiger partial charge in [0.25, 0.3) is 0 Å². The summed E-state index contributed by atoms with van der Waals surface area (Å²) >= 11 is 0. The average molecular weight is 595 g/mol. The SMILES string of the molecule is CCc1nccn1CC(c1ccccc1)(C1CCN(CC2CN(c3ccc(C#N)cc3)C2)CC1)C1CCC[C@H]1OC(=O)NC. The number of benzene rings is 2. The molecule has 2 unspecified atom stereocenters. The van der Waals surface area contributed by atoms with Gasteiger partial charge in [0.2, 0.25) is 0 Å². The van der Waals surface area contributed by atoms with Crippen molar-refractivity contribution in [3.8, 4) is 6.07 Å². The molecule has 2 aliphatic heterocycles. The minimum absolute atomic E-state index is 0.107. The molecule has 2 aromatic carbocycles. The van der Waals surface area contributed by atoms with Crippen LogP contribution in [-0.4, -0.2) is 66.4 Å². The molecule has 6 rings (SSSR count). The first-order chi connectivity index (χ1) is 21.5. The molecule has 2 saturated heterocycles. The number of nitriles is 1. The largest absolute Gasteiger partial charge is 0.446 e. The maximum absolute atomic E-state index is 12.5. The number of carbonyl (C=O) groups excluding carboxylic acids is 1. The van der Waals surface area contributed by atoms with E-state index in [1.165, 1.54) is 11.3 Å². The second kappa shape index (κ2) is 13.4. The van der Waals surface area contributed by atoms with Gasteiger partial charge in [0.1, 0.15) is 11.9 Å². The van der Waals surface area contributed by atoms with E-state index in [1.807, 2.05) is 18.3 Å². The van der Waals surface area contributed by atoms with Gasteiger partial charge in [-0.2, -0.15) is 5.26 Å². The summed E-state index contributed by atoms with van der Waals surface area (Å²) in [5.74, 6) is 2.47. The lowest BCUT2D eigenvalue weighted by molar-refractivity contribution is 0.00173. The first kappa shape index (κ1) is 30.2. The van der Waals surface area contributed by atoms with Gasteiger partial charge in [-0.05, 0) is 80.9 Å². The molecule has 1 aliphatic carbocycles. The van der Waals surface area contributed by atoms with E-state index in [2.05, 4.69) is 81.3 Å². The third kappa shape index (κ3) is 6.08. The van der Waals surface area contributed by atoms with E-state index in [9.17, 15) is 4.79 Å². The number of piperidine rings is 1. The Balaban J connectivity index is 1.21. The van der Waals surface area contributed by atoms with Crippen LogP contribution in [0.4, 0.5) is 10.5 Å². The molecule has 0 bridgehead atoms. The molecule has 3 atom stereocenters. The number of alkyl carbamates (subject to hydrolysis) is 1. The van der Waals surface area contributed by atoms with Crippen molar-refractivity contribution in [1.29, 1.82) is 5.26 Å². The monoisotopic (exact) mass is 594 g/mol. The summed E-state index contributed by atoms with van der Waals surface area (Å²) in [6, 6.07) is 21.3. The number of anilines is 1. The van der Waals surface area contributed by atoms with Crippen molar-refractivity contribution < 1.29 is 9.53 Å². The van der Waals surface area contributed by atoms with Gasteiger partial charge in [-0.1, -0.05) is 37.3 Å². The van der Waals surface area contributed by atoms with Crippen molar-refractivity contribution in [1.82, 2.24) is 19.8 Å². The van der Waals surface area contributed by atoms with Crippen LogP contribution >= 0.6 is 0 Å². The van der Waals surface area contributed by atoms with Gasteiger partial charge >= 0.3 is 6.09 Å². The zero-order valence-electron chi connectivity index (χ0n) is 26.2. The Morgan fingerprint density at radius 1 is 1.07 bits per heavy atom. The van der Waals surface area contributed by atoms with Crippen LogP contribution in [0.2, 0.25) is 0 Å². The minimum atomic E-state index is -0.328. The number of likely N-dealkylation sites (tertiary alicyclic amines) is 1. The number of ether oxygens (including phenoxy) is 1. The van der Waals surface area contributed by atoms with Crippen LogP contribution in [0, 0.1) is 29.1 Å². The van der Waals surface area contributed by atoms with E-state index in [0.29, 0.717) is 17.4 Å². The normalized spacial score (nSPS) is 22.6.